The second-order valence-electron chi connectivity index (χ2n) is 7.37. The third-order valence-corrected chi connectivity index (χ3v) is 6.93. The fraction of sp³-hybridized carbons (Fsp3) is 0. The van der Waals surface area contributed by atoms with Gasteiger partial charge >= 0.3 is 0 Å². The van der Waals surface area contributed by atoms with Crippen molar-refractivity contribution in [1.82, 2.24) is 14.6 Å². The van der Waals surface area contributed by atoms with Crippen LogP contribution in [0.5, 0.6) is 0 Å². The molecule has 34 heavy (non-hydrogen) atoms. The maximum atomic E-state index is 12.8. The highest BCUT2D eigenvalue weighted by Crippen LogP contribution is 2.26. The molecule has 0 radical (unpaired) electrons. The van der Waals surface area contributed by atoms with Gasteiger partial charge in [-0.05, 0) is 41.3 Å². The lowest BCUT2D eigenvalue weighted by molar-refractivity contribution is 0.104. The number of nitrogens with one attached hydrogen (secondary N) is 1. The summed E-state index contributed by atoms with van der Waals surface area (Å²) in [5, 5.41) is 7.36. The lowest BCUT2D eigenvalue weighted by Gasteiger charge is -2.09. The first kappa shape index (κ1) is 21.7. The van der Waals surface area contributed by atoms with Gasteiger partial charge in [-0.2, -0.15) is 5.10 Å². The first-order valence-electron chi connectivity index (χ1n) is 10.3. The van der Waals surface area contributed by atoms with E-state index in [0.717, 1.165) is 16.5 Å². The third kappa shape index (κ3) is 4.52. The first-order chi connectivity index (χ1) is 16.5. The summed E-state index contributed by atoms with van der Waals surface area (Å²) in [6, 6.07) is 21.5. The third-order valence-electron chi connectivity index (χ3n) is 5.05. The molecular weight excluding hydrogens is 468 g/mol. The predicted octanol–water partition coefficient (Wildman–Crippen LogP) is 5.10. The minimum atomic E-state index is -3.72. The second-order valence-corrected chi connectivity index (χ2v) is 9.89. The topological polar surface area (TPSA) is 93.4 Å². The van der Waals surface area contributed by atoms with E-state index in [0.29, 0.717) is 27.5 Å². The Hall–Kier alpha value is -4.08. The van der Waals surface area contributed by atoms with Crippen molar-refractivity contribution >= 4 is 44.6 Å². The molecule has 1 N–H and O–H groups in total. The number of thiophene rings is 1. The van der Waals surface area contributed by atoms with Gasteiger partial charge in [0.15, 0.2) is 5.65 Å². The van der Waals surface area contributed by atoms with E-state index in [1.54, 1.807) is 41.0 Å². The highest BCUT2D eigenvalue weighted by Gasteiger charge is 2.18. The van der Waals surface area contributed by atoms with Gasteiger partial charge in [-0.1, -0.05) is 48.5 Å². The Balaban J connectivity index is 1.45. The van der Waals surface area contributed by atoms with Crippen molar-refractivity contribution < 1.29 is 13.2 Å². The maximum Gasteiger partial charge on any atom is 0.255 e. The summed E-state index contributed by atoms with van der Waals surface area (Å²) >= 11 is 1.36. The molecule has 2 aromatic carbocycles. The Labute approximate surface area is 200 Å². The fourth-order valence-corrected chi connectivity index (χ4v) is 5.02. The van der Waals surface area contributed by atoms with Gasteiger partial charge in [0.2, 0.25) is 5.78 Å². The number of sulfonamides is 1. The van der Waals surface area contributed by atoms with Gasteiger partial charge in [-0.15, -0.1) is 11.3 Å². The zero-order valence-electron chi connectivity index (χ0n) is 17.7. The van der Waals surface area contributed by atoms with Gasteiger partial charge < -0.3 is 0 Å². The summed E-state index contributed by atoms with van der Waals surface area (Å²) < 4.78 is 29.3. The fourth-order valence-electron chi connectivity index (χ4n) is 3.48. The van der Waals surface area contributed by atoms with E-state index in [-0.39, 0.29) is 5.78 Å². The number of benzene rings is 2. The molecule has 0 spiro atoms. The van der Waals surface area contributed by atoms with E-state index in [1.165, 1.54) is 23.6 Å². The summed E-state index contributed by atoms with van der Waals surface area (Å²) in [7, 11) is -3.72. The Bertz CT molecular complexity index is 1610. The maximum absolute atomic E-state index is 12.8. The van der Waals surface area contributed by atoms with Crippen molar-refractivity contribution in [1.29, 1.82) is 0 Å². The molecule has 7 nitrogen and oxygen atoms in total. The van der Waals surface area contributed by atoms with Gasteiger partial charge in [0, 0.05) is 17.4 Å². The minimum Gasteiger partial charge on any atom is -0.287 e. The van der Waals surface area contributed by atoms with E-state index in [1.807, 2.05) is 47.8 Å². The molecule has 9 heteroatoms. The number of ketones is 1. The van der Waals surface area contributed by atoms with Crippen LogP contribution in [0.2, 0.25) is 0 Å². The Kier molecular flexibility index (Phi) is 5.79. The molecule has 3 heterocycles. The minimum absolute atomic E-state index is 0.138. The Morgan fingerprint density at radius 1 is 1.00 bits per heavy atom. The molecule has 3 aromatic heterocycles. The monoisotopic (exact) mass is 486 g/mol. The molecule has 5 aromatic rings. The standard InChI is InChI=1S/C25H18N4O3S2/c30-24(23-10-5-14-33-23)21-17-27-29-22(11-13-26-25(21)29)19-8-4-9-20(16-19)28-34(31,32)15-12-18-6-2-1-3-7-18/h1-17,28H/b15-12+. The number of anilines is 1. The zero-order valence-corrected chi connectivity index (χ0v) is 19.3. The summed E-state index contributed by atoms with van der Waals surface area (Å²) in [5.74, 6) is -0.138. The molecule has 0 saturated heterocycles. The molecule has 0 saturated carbocycles. The largest absolute Gasteiger partial charge is 0.287 e. The van der Waals surface area contributed by atoms with Gasteiger partial charge in [-0.3, -0.25) is 9.52 Å². The van der Waals surface area contributed by atoms with E-state index >= 15 is 0 Å². The smallest absolute Gasteiger partial charge is 0.255 e. The predicted molar refractivity (Wildman–Crippen MR) is 134 cm³/mol. The highest BCUT2D eigenvalue weighted by atomic mass is 32.2. The summed E-state index contributed by atoms with van der Waals surface area (Å²) in [6.07, 6.45) is 4.65. The number of carbonyl (C=O) groups is 1. The van der Waals surface area contributed by atoms with Gasteiger partial charge in [-0.25, -0.2) is 17.9 Å². The first-order valence-corrected chi connectivity index (χ1v) is 12.7. The number of rotatable bonds is 7. The SMILES string of the molecule is O=C(c1cccs1)c1cnn2c(-c3cccc(NS(=O)(=O)/C=C/c4ccccc4)c3)ccnc12. The van der Waals surface area contributed by atoms with Crippen molar-refractivity contribution in [2.24, 2.45) is 0 Å². The van der Waals surface area contributed by atoms with Crippen molar-refractivity contribution in [2.75, 3.05) is 4.72 Å². The van der Waals surface area contributed by atoms with Crippen molar-refractivity contribution in [3.05, 3.63) is 112 Å². The van der Waals surface area contributed by atoms with Crippen LogP contribution in [0.25, 0.3) is 23.0 Å². The van der Waals surface area contributed by atoms with Crippen LogP contribution in [0.3, 0.4) is 0 Å². The second kappa shape index (κ2) is 9.05. The molecular formula is C25H18N4O3S2. The van der Waals surface area contributed by atoms with Crippen LogP contribution >= 0.6 is 11.3 Å². The molecule has 0 aliphatic rings. The molecule has 0 unspecified atom stereocenters. The number of hydrogen-bond acceptors (Lipinski definition) is 6. The molecule has 0 amide bonds. The van der Waals surface area contributed by atoms with Gasteiger partial charge in [0.05, 0.1) is 27.7 Å². The van der Waals surface area contributed by atoms with Crippen LogP contribution in [-0.2, 0) is 10.0 Å². The molecule has 0 fully saturated rings. The quantitative estimate of drug-likeness (QED) is 0.323. The number of fused-ring (bicyclic) bond motifs is 1. The molecule has 168 valence electrons. The normalized spacial score (nSPS) is 11.8. The number of aromatic nitrogens is 3. The number of nitrogens with zero attached hydrogens (tertiary/aromatic N) is 3. The van der Waals surface area contributed by atoms with E-state index < -0.39 is 10.0 Å². The van der Waals surface area contributed by atoms with Crippen molar-refractivity contribution in [3.63, 3.8) is 0 Å². The zero-order chi connectivity index (χ0) is 23.5. The Morgan fingerprint density at radius 3 is 2.65 bits per heavy atom. The van der Waals surface area contributed by atoms with Crippen LogP contribution in [0.4, 0.5) is 5.69 Å². The van der Waals surface area contributed by atoms with Crippen LogP contribution in [0.1, 0.15) is 20.8 Å². The van der Waals surface area contributed by atoms with E-state index in [2.05, 4.69) is 14.8 Å². The average molecular weight is 487 g/mol. The van der Waals surface area contributed by atoms with E-state index in [4.69, 9.17) is 0 Å². The van der Waals surface area contributed by atoms with Crippen LogP contribution in [0.15, 0.2) is 96.0 Å². The molecule has 0 aliphatic heterocycles. The number of carbonyl (C=O) groups excluding carboxylic acids is 1. The molecule has 0 aliphatic carbocycles. The lowest BCUT2D eigenvalue weighted by atomic mass is 10.1. The average Bonchev–Trinajstić information content (AvgIpc) is 3.53. The summed E-state index contributed by atoms with van der Waals surface area (Å²) in [6.45, 7) is 0. The van der Waals surface area contributed by atoms with Gasteiger partial charge in [0.25, 0.3) is 10.0 Å². The highest BCUT2D eigenvalue weighted by molar-refractivity contribution is 7.95. The molecule has 0 atom stereocenters. The molecule has 5 rings (SSSR count). The number of hydrogen-bond donors (Lipinski definition) is 1. The summed E-state index contributed by atoms with van der Waals surface area (Å²) in [5.41, 5.74) is 3.43. The van der Waals surface area contributed by atoms with Crippen LogP contribution < -0.4 is 4.72 Å². The van der Waals surface area contributed by atoms with Crippen LogP contribution in [-0.4, -0.2) is 28.8 Å². The lowest BCUT2D eigenvalue weighted by Crippen LogP contribution is -2.09. The van der Waals surface area contributed by atoms with Gasteiger partial charge in [0.1, 0.15) is 0 Å². The van der Waals surface area contributed by atoms with Crippen molar-refractivity contribution in [2.45, 2.75) is 0 Å². The molecule has 0 bridgehead atoms. The van der Waals surface area contributed by atoms with E-state index in [9.17, 15) is 13.2 Å². The summed E-state index contributed by atoms with van der Waals surface area (Å²) in [4.78, 5) is 17.8. The Morgan fingerprint density at radius 2 is 1.85 bits per heavy atom. The van der Waals surface area contributed by atoms with Crippen LogP contribution in [0, 0.1) is 0 Å². The van der Waals surface area contributed by atoms with Crippen molar-refractivity contribution in [3.8, 4) is 11.3 Å².